The molecule has 4 heteroatoms. The van der Waals surface area contributed by atoms with E-state index in [0.717, 1.165) is 43.4 Å². The SMILES string of the molecule is CC1(O)CCN(CCc2c[nH]c3cc(F)ccc23)C1. The number of aromatic amines is 1. The Morgan fingerprint density at radius 3 is 3.05 bits per heavy atom. The van der Waals surface area contributed by atoms with E-state index in [0.29, 0.717) is 0 Å². The summed E-state index contributed by atoms with van der Waals surface area (Å²) in [5.74, 6) is -0.212. The molecule has 1 unspecified atom stereocenters. The predicted molar refractivity (Wildman–Crippen MR) is 73.6 cm³/mol. The summed E-state index contributed by atoms with van der Waals surface area (Å²) in [6.07, 6.45) is 3.71. The Morgan fingerprint density at radius 1 is 1.47 bits per heavy atom. The van der Waals surface area contributed by atoms with Gasteiger partial charge in [-0.1, -0.05) is 0 Å². The molecular formula is C15H19FN2O. The number of hydrogen-bond donors (Lipinski definition) is 2. The molecule has 1 aliphatic heterocycles. The standard InChI is InChI=1S/C15H19FN2O/c1-15(19)5-7-18(10-15)6-4-11-9-17-14-8-12(16)2-3-13(11)14/h2-3,8-9,17,19H,4-7,10H2,1H3. The van der Waals surface area contributed by atoms with Gasteiger partial charge < -0.3 is 15.0 Å². The van der Waals surface area contributed by atoms with Gasteiger partial charge in [-0.25, -0.2) is 4.39 Å². The topological polar surface area (TPSA) is 39.3 Å². The van der Waals surface area contributed by atoms with E-state index < -0.39 is 5.60 Å². The zero-order valence-corrected chi connectivity index (χ0v) is 11.1. The Hall–Kier alpha value is -1.39. The van der Waals surface area contributed by atoms with E-state index in [1.54, 1.807) is 0 Å². The van der Waals surface area contributed by atoms with Crippen LogP contribution >= 0.6 is 0 Å². The number of β-amino-alcohol motifs (C(OH)–C–C–N with tert-alkyl or cyclic N) is 1. The Bertz CT molecular complexity index is 591. The third kappa shape index (κ3) is 2.65. The first-order chi connectivity index (χ1) is 9.03. The average molecular weight is 262 g/mol. The molecule has 0 spiro atoms. The maximum atomic E-state index is 13.1. The minimum absolute atomic E-state index is 0.212. The number of nitrogens with zero attached hydrogens (tertiary/aromatic N) is 1. The molecule has 2 heterocycles. The highest BCUT2D eigenvalue weighted by Gasteiger charge is 2.30. The van der Waals surface area contributed by atoms with Crippen molar-refractivity contribution in [1.29, 1.82) is 0 Å². The summed E-state index contributed by atoms with van der Waals surface area (Å²) >= 11 is 0. The van der Waals surface area contributed by atoms with Gasteiger partial charge in [0.15, 0.2) is 0 Å². The van der Waals surface area contributed by atoms with Gasteiger partial charge in [0.1, 0.15) is 5.82 Å². The summed E-state index contributed by atoms with van der Waals surface area (Å²) < 4.78 is 13.1. The van der Waals surface area contributed by atoms with Crippen molar-refractivity contribution < 1.29 is 9.50 Å². The smallest absolute Gasteiger partial charge is 0.125 e. The highest BCUT2D eigenvalue weighted by molar-refractivity contribution is 5.83. The zero-order valence-electron chi connectivity index (χ0n) is 11.1. The van der Waals surface area contributed by atoms with Gasteiger partial charge >= 0.3 is 0 Å². The number of aromatic nitrogens is 1. The van der Waals surface area contributed by atoms with Crippen molar-refractivity contribution in [3.8, 4) is 0 Å². The fraction of sp³-hybridized carbons (Fsp3) is 0.467. The largest absolute Gasteiger partial charge is 0.389 e. The first-order valence-electron chi connectivity index (χ1n) is 6.74. The van der Waals surface area contributed by atoms with Gasteiger partial charge in [-0.2, -0.15) is 0 Å². The maximum absolute atomic E-state index is 13.1. The van der Waals surface area contributed by atoms with E-state index in [2.05, 4.69) is 9.88 Å². The summed E-state index contributed by atoms with van der Waals surface area (Å²) in [7, 11) is 0. The molecule has 1 aromatic heterocycles. The van der Waals surface area contributed by atoms with Gasteiger partial charge in [-0.15, -0.1) is 0 Å². The summed E-state index contributed by atoms with van der Waals surface area (Å²) in [4.78, 5) is 5.39. The molecule has 1 aliphatic rings. The van der Waals surface area contributed by atoms with Crippen molar-refractivity contribution >= 4 is 10.9 Å². The minimum atomic E-state index is -0.538. The molecule has 1 fully saturated rings. The average Bonchev–Trinajstić information content (AvgIpc) is 2.89. The fourth-order valence-corrected chi connectivity index (χ4v) is 2.87. The monoisotopic (exact) mass is 262 g/mol. The number of aliphatic hydroxyl groups is 1. The van der Waals surface area contributed by atoms with E-state index in [9.17, 15) is 9.50 Å². The van der Waals surface area contributed by atoms with Crippen molar-refractivity contribution in [3.63, 3.8) is 0 Å². The first kappa shape index (κ1) is 12.6. The van der Waals surface area contributed by atoms with Crippen LogP contribution in [0, 0.1) is 5.82 Å². The van der Waals surface area contributed by atoms with Gasteiger partial charge in [0, 0.05) is 36.7 Å². The minimum Gasteiger partial charge on any atom is -0.389 e. The van der Waals surface area contributed by atoms with E-state index >= 15 is 0 Å². The summed E-state index contributed by atoms with van der Waals surface area (Å²) in [6, 6.07) is 4.86. The second kappa shape index (κ2) is 4.62. The summed E-state index contributed by atoms with van der Waals surface area (Å²) in [5.41, 5.74) is 1.52. The highest BCUT2D eigenvalue weighted by Crippen LogP contribution is 2.23. The Balaban J connectivity index is 1.69. The molecule has 0 amide bonds. The fourth-order valence-electron chi connectivity index (χ4n) is 2.87. The molecule has 2 N–H and O–H groups in total. The van der Waals surface area contributed by atoms with Crippen molar-refractivity contribution in [2.24, 2.45) is 0 Å². The van der Waals surface area contributed by atoms with Crippen molar-refractivity contribution in [2.75, 3.05) is 19.6 Å². The molecule has 0 saturated carbocycles. The van der Waals surface area contributed by atoms with E-state index in [-0.39, 0.29) is 5.82 Å². The van der Waals surface area contributed by atoms with Crippen LogP contribution in [0.4, 0.5) is 4.39 Å². The first-order valence-corrected chi connectivity index (χ1v) is 6.74. The number of fused-ring (bicyclic) bond motifs is 1. The molecular weight excluding hydrogens is 243 g/mol. The van der Waals surface area contributed by atoms with Crippen molar-refractivity contribution in [2.45, 2.75) is 25.4 Å². The van der Waals surface area contributed by atoms with Crippen LogP contribution in [0.2, 0.25) is 0 Å². The molecule has 2 aromatic rings. The molecule has 3 rings (SSSR count). The van der Waals surface area contributed by atoms with Gasteiger partial charge in [-0.05, 0) is 43.5 Å². The quantitative estimate of drug-likeness (QED) is 0.891. The lowest BCUT2D eigenvalue weighted by molar-refractivity contribution is 0.0690. The molecule has 3 nitrogen and oxygen atoms in total. The molecule has 0 bridgehead atoms. The Morgan fingerprint density at radius 2 is 2.32 bits per heavy atom. The van der Waals surface area contributed by atoms with Crippen molar-refractivity contribution in [3.05, 3.63) is 35.8 Å². The number of benzene rings is 1. The second-order valence-electron chi connectivity index (χ2n) is 5.78. The second-order valence-corrected chi connectivity index (χ2v) is 5.78. The van der Waals surface area contributed by atoms with E-state index in [1.807, 2.05) is 19.2 Å². The van der Waals surface area contributed by atoms with Crippen LogP contribution in [-0.2, 0) is 6.42 Å². The Labute approximate surface area is 112 Å². The number of H-pyrrole nitrogens is 1. The van der Waals surface area contributed by atoms with Gasteiger partial charge in [0.2, 0.25) is 0 Å². The summed E-state index contributed by atoms with van der Waals surface area (Å²) in [5, 5.41) is 11.0. The lowest BCUT2D eigenvalue weighted by atomic mass is 10.1. The molecule has 0 aliphatic carbocycles. The number of hydrogen-bond acceptors (Lipinski definition) is 2. The van der Waals surface area contributed by atoms with Crippen LogP contribution in [0.25, 0.3) is 10.9 Å². The highest BCUT2D eigenvalue weighted by atomic mass is 19.1. The lowest BCUT2D eigenvalue weighted by Gasteiger charge is -2.18. The molecule has 19 heavy (non-hydrogen) atoms. The Kier molecular flexibility index (Phi) is 3.07. The van der Waals surface area contributed by atoms with E-state index in [4.69, 9.17) is 0 Å². The maximum Gasteiger partial charge on any atom is 0.125 e. The molecule has 1 saturated heterocycles. The number of nitrogens with one attached hydrogen (secondary N) is 1. The number of halogens is 1. The van der Waals surface area contributed by atoms with Gasteiger partial charge in [0.25, 0.3) is 0 Å². The van der Waals surface area contributed by atoms with Crippen LogP contribution in [0.3, 0.4) is 0 Å². The molecule has 1 aromatic carbocycles. The van der Waals surface area contributed by atoms with Crippen molar-refractivity contribution in [1.82, 2.24) is 9.88 Å². The van der Waals surface area contributed by atoms with Gasteiger partial charge in [0.05, 0.1) is 5.60 Å². The molecule has 1 atom stereocenters. The van der Waals surface area contributed by atoms with Crippen LogP contribution in [0.1, 0.15) is 18.9 Å². The van der Waals surface area contributed by atoms with Crippen LogP contribution in [-0.4, -0.2) is 40.2 Å². The normalized spacial score (nSPS) is 24.4. The zero-order chi connectivity index (χ0) is 13.5. The number of likely N-dealkylation sites (tertiary alicyclic amines) is 1. The van der Waals surface area contributed by atoms with Gasteiger partial charge in [-0.3, -0.25) is 0 Å². The van der Waals surface area contributed by atoms with Crippen LogP contribution in [0.15, 0.2) is 24.4 Å². The third-order valence-corrected chi connectivity index (χ3v) is 3.96. The predicted octanol–water partition coefficient (Wildman–Crippen LogP) is 2.31. The van der Waals surface area contributed by atoms with E-state index in [1.165, 1.54) is 17.7 Å². The third-order valence-electron chi connectivity index (χ3n) is 3.96. The molecule has 102 valence electrons. The lowest BCUT2D eigenvalue weighted by Crippen LogP contribution is -2.30. The molecule has 0 radical (unpaired) electrons. The van der Waals surface area contributed by atoms with Crippen LogP contribution < -0.4 is 0 Å². The number of rotatable bonds is 3. The van der Waals surface area contributed by atoms with Crippen LogP contribution in [0.5, 0.6) is 0 Å². The summed E-state index contributed by atoms with van der Waals surface area (Å²) in [6.45, 7) is 4.51.